The number of nitrogens with one attached hydrogen (secondary N) is 2. The van der Waals surface area contributed by atoms with Crippen molar-refractivity contribution < 1.29 is 14.3 Å². The van der Waals surface area contributed by atoms with E-state index in [1.54, 1.807) is 0 Å². The number of rotatable bonds is 6. The van der Waals surface area contributed by atoms with Gasteiger partial charge in [0.1, 0.15) is 0 Å². The Hall–Kier alpha value is -2.69. The quantitative estimate of drug-likeness (QED) is 0.855. The van der Waals surface area contributed by atoms with E-state index in [4.69, 9.17) is 9.47 Å². The summed E-state index contributed by atoms with van der Waals surface area (Å²) in [7, 11) is 0. The fourth-order valence-electron chi connectivity index (χ4n) is 2.65. The number of hydrogen-bond donors (Lipinski definition) is 2. The second-order valence-corrected chi connectivity index (χ2v) is 5.90. The number of benzene rings is 2. The van der Waals surface area contributed by atoms with Crippen molar-refractivity contribution in [2.24, 2.45) is 0 Å². The molecule has 1 atom stereocenters. The summed E-state index contributed by atoms with van der Waals surface area (Å²) < 4.78 is 10.6. The maximum Gasteiger partial charge on any atom is 0.315 e. The molecule has 24 heavy (non-hydrogen) atoms. The summed E-state index contributed by atoms with van der Waals surface area (Å²) in [5.74, 6) is 1.89. The van der Waals surface area contributed by atoms with Crippen LogP contribution in [0.3, 0.4) is 0 Å². The zero-order valence-electron chi connectivity index (χ0n) is 13.7. The van der Waals surface area contributed by atoms with Crippen LogP contribution in [0.15, 0.2) is 48.5 Å². The summed E-state index contributed by atoms with van der Waals surface area (Å²) in [6.45, 7) is 3.52. The molecule has 0 saturated carbocycles. The first-order valence-corrected chi connectivity index (χ1v) is 8.17. The lowest BCUT2D eigenvalue weighted by Gasteiger charge is -2.13. The van der Waals surface area contributed by atoms with Crippen molar-refractivity contribution in [3.63, 3.8) is 0 Å². The van der Waals surface area contributed by atoms with Gasteiger partial charge in [-0.25, -0.2) is 4.79 Å². The molecule has 0 spiro atoms. The van der Waals surface area contributed by atoms with Crippen molar-refractivity contribution in [1.82, 2.24) is 10.6 Å². The van der Waals surface area contributed by atoms with E-state index < -0.39 is 0 Å². The molecule has 0 fully saturated rings. The smallest absolute Gasteiger partial charge is 0.315 e. The van der Waals surface area contributed by atoms with Crippen LogP contribution in [-0.2, 0) is 6.54 Å². The number of hydrogen-bond acceptors (Lipinski definition) is 3. The average molecular weight is 326 g/mol. The van der Waals surface area contributed by atoms with Gasteiger partial charge in [-0.15, -0.1) is 0 Å². The van der Waals surface area contributed by atoms with Crippen LogP contribution in [0.5, 0.6) is 11.5 Å². The minimum Gasteiger partial charge on any atom is -0.454 e. The van der Waals surface area contributed by atoms with Crippen LogP contribution in [0, 0.1) is 0 Å². The first-order valence-electron chi connectivity index (χ1n) is 8.17. The van der Waals surface area contributed by atoms with Gasteiger partial charge in [0.05, 0.1) is 0 Å². The molecule has 1 heterocycles. The summed E-state index contributed by atoms with van der Waals surface area (Å²) in [6, 6.07) is 15.8. The minimum absolute atomic E-state index is 0.159. The molecule has 2 aromatic rings. The van der Waals surface area contributed by atoms with Crippen LogP contribution >= 0.6 is 0 Å². The van der Waals surface area contributed by atoms with Gasteiger partial charge in [-0.1, -0.05) is 43.3 Å². The molecule has 0 aliphatic carbocycles. The Morgan fingerprint density at radius 2 is 1.88 bits per heavy atom. The fraction of sp³-hybridized carbons (Fsp3) is 0.316. The van der Waals surface area contributed by atoms with Crippen LogP contribution in [0.2, 0.25) is 0 Å². The Morgan fingerprint density at radius 3 is 2.71 bits per heavy atom. The van der Waals surface area contributed by atoms with E-state index in [0.29, 0.717) is 19.0 Å². The molecule has 0 aromatic heterocycles. The van der Waals surface area contributed by atoms with E-state index >= 15 is 0 Å². The van der Waals surface area contributed by atoms with Gasteiger partial charge in [0.2, 0.25) is 6.79 Å². The van der Waals surface area contributed by atoms with E-state index in [1.165, 1.54) is 5.56 Å². The second kappa shape index (κ2) is 7.73. The van der Waals surface area contributed by atoms with Gasteiger partial charge in [0, 0.05) is 13.1 Å². The van der Waals surface area contributed by atoms with Crippen LogP contribution in [0.25, 0.3) is 0 Å². The second-order valence-electron chi connectivity index (χ2n) is 5.90. The third kappa shape index (κ3) is 4.19. The van der Waals surface area contributed by atoms with Crippen molar-refractivity contribution in [3.8, 4) is 11.5 Å². The predicted molar refractivity (Wildman–Crippen MR) is 92.3 cm³/mol. The molecule has 3 rings (SSSR count). The molecule has 5 nitrogen and oxygen atoms in total. The maximum absolute atomic E-state index is 11.9. The third-order valence-corrected chi connectivity index (χ3v) is 4.12. The fourth-order valence-corrected chi connectivity index (χ4v) is 2.65. The molecule has 2 N–H and O–H groups in total. The van der Waals surface area contributed by atoms with Gasteiger partial charge in [0.15, 0.2) is 11.5 Å². The van der Waals surface area contributed by atoms with E-state index in [1.807, 2.05) is 36.4 Å². The highest BCUT2D eigenvalue weighted by Crippen LogP contribution is 2.32. The lowest BCUT2D eigenvalue weighted by atomic mass is 9.98. The van der Waals surface area contributed by atoms with Crippen LogP contribution in [0.4, 0.5) is 4.79 Å². The van der Waals surface area contributed by atoms with Crippen molar-refractivity contribution in [2.45, 2.75) is 25.8 Å². The Labute approximate surface area is 142 Å². The summed E-state index contributed by atoms with van der Waals surface area (Å²) >= 11 is 0. The normalized spacial score (nSPS) is 13.4. The molecule has 1 aliphatic heterocycles. The summed E-state index contributed by atoms with van der Waals surface area (Å²) in [4.78, 5) is 11.9. The highest BCUT2D eigenvalue weighted by atomic mass is 16.7. The summed E-state index contributed by atoms with van der Waals surface area (Å²) in [5.41, 5.74) is 2.27. The first kappa shape index (κ1) is 16.2. The number of ether oxygens (including phenoxy) is 2. The Bertz CT molecular complexity index is 688. The van der Waals surface area contributed by atoms with Crippen LogP contribution in [0.1, 0.15) is 30.4 Å². The third-order valence-electron chi connectivity index (χ3n) is 4.12. The minimum atomic E-state index is -0.159. The van der Waals surface area contributed by atoms with E-state index in [2.05, 4.69) is 29.7 Å². The predicted octanol–water partition coefficient (Wildman–Crippen LogP) is 3.41. The zero-order chi connectivity index (χ0) is 16.8. The molecule has 5 heteroatoms. The molecule has 1 aliphatic rings. The molecule has 0 saturated heterocycles. The number of carbonyl (C=O) groups is 1. The summed E-state index contributed by atoms with van der Waals surface area (Å²) in [5, 5.41) is 5.76. The van der Waals surface area contributed by atoms with Gasteiger partial charge in [-0.2, -0.15) is 0 Å². The molecular formula is C19H22N2O3. The monoisotopic (exact) mass is 326 g/mol. The number of carbonyl (C=O) groups excluding carboxylic acids is 1. The lowest BCUT2D eigenvalue weighted by Crippen LogP contribution is -2.35. The largest absolute Gasteiger partial charge is 0.454 e. The van der Waals surface area contributed by atoms with E-state index in [9.17, 15) is 4.79 Å². The molecule has 2 amide bonds. The topological polar surface area (TPSA) is 59.6 Å². The molecule has 0 radical (unpaired) electrons. The standard InChI is InChI=1S/C19H22N2O3/c1-14(16-5-3-2-4-6-16)9-10-20-19(22)21-12-15-7-8-17-18(11-15)24-13-23-17/h2-8,11,14H,9-10,12-13H2,1H3,(H2,20,21,22). The lowest BCUT2D eigenvalue weighted by molar-refractivity contribution is 0.174. The highest BCUT2D eigenvalue weighted by Gasteiger charge is 2.13. The van der Waals surface area contributed by atoms with Gasteiger partial charge in [0.25, 0.3) is 0 Å². The maximum atomic E-state index is 11.9. The van der Waals surface area contributed by atoms with Crippen molar-refractivity contribution in [3.05, 3.63) is 59.7 Å². The van der Waals surface area contributed by atoms with E-state index in [-0.39, 0.29) is 12.8 Å². The number of fused-ring (bicyclic) bond motifs is 1. The van der Waals surface area contributed by atoms with Crippen LogP contribution < -0.4 is 20.1 Å². The number of amides is 2. The number of urea groups is 1. The van der Waals surface area contributed by atoms with Crippen molar-refractivity contribution in [2.75, 3.05) is 13.3 Å². The van der Waals surface area contributed by atoms with Gasteiger partial charge < -0.3 is 20.1 Å². The molecule has 126 valence electrons. The first-order chi connectivity index (χ1) is 11.7. The Morgan fingerprint density at radius 1 is 1.08 bits per heavy atom. The van der Waals surface area contributed by atoms with Crippen LogP contribution in [-0.4, -0.2) is 19.4 Å². The van der Waals surface area contributed by atoms with Gasteiger partial charge >= 0.3 is 6.03 Å². The molecule has 0 bridgehead atoms. The van der Waals surface area contributed by atoms with Gasteiger partial charge in [-0.05, 0) is 35.6 Å². The van der Waals surface area contributed by atoms with Gasteiger partial charge in [-0.3, -0.25) is 0 Å². The van der Waals surface area contributed by atoms with E-state index in [0.717, 1.165) is 23.5 Å². The molecule has 1 unspecified atom stereocenters. The zero-order valence-corrected chi connectivity index (χ0v) is 13.7. The van der Waals surface area contributed by atoms with Crippen molar-refractivity contribution in [1.29, 1.82) is 0 Å². The molecule has 2 aromatic carbocycles. The highest BCUT2D eigenvalue weighted by molar-refractivity contribution is 5.73. The molecular weight excluding hydrogens is 304 g/mol. The average Bonchev–Trinajstić information content (AvgIpc) is 3.08. The SMILES string of the molecule is CC(CCNC(=O)NCc1ccc2c(c1)OCO2)c1ccccc1. The Balaban J connectivity index is 1.38. The Kier molecular flexibility index (Phi) is 5.21. The summed E-state index contributed by atoms with van der Waals surface area (Å²) in [6.07, 6.45) is 0.904. The van der Waals surface area contributed by atoms with Crippen molar-refractivity contribution >= 4 is 6.03 Å².